The summed E-state index contributed by atoms with van der Waals surface area (Å²) in [6.45, 7) is 0.211. The lowest BCUT2D eigenvalue weighted by Gasteiger charge is -2.14. The molecule has 7 nitrogen and oxygen atoms in total. The van der Waals surface area contributed by atoms with Crippen LogP contribution in [0.25, 0.3) is 6.08 Å². The monoisotopic (exact) mass is 586 g/mol. The van der Waals surface area contributed by atoms with Gasteiger partial charge in [0.2, 0.25) is 0 Å². The summed E-state index contributed by atoms with van der Waals surface area (Å²) in [5, 5.41) is 12.2. The molecular weight excluding hydrogens is 566 g/mol. The molecule has 0 heterocycles. The third kappa shape index (κ3) is 6.80. The highest BCUT2D eigenvalue weighted by molar-refractivity contribution is 14.1. The first-order chi connectivity index (χ1) is 16.8. The number of nitrogens with one attached hydrogen (secondary N) is 1. The third-order valence-corrected chi connectivity index (χ3v) is 5.59. The van der Waals surface area contributed by atoms with Crippen molar-refractivity contribution in [3.63, 3.8) is 0 Å². The predicted molar refractivity (Wildman–Crippen MR) is 136 cm³/mol. The van der Waals surface area contributed by atoms with Gasteiger partial charge in [0, 0.05) is 5.69 Å². The van der Waals surface area contributed by atoms with Crippen LogP contribution in [-0.4, -0.2) is 26.1 Å². The van der Waals surface area contributed by atoms with E-state index in [2.05, 4.69) is 32.6 Å². The zero-order valence-electron chi connectivity index (χ0n) is 18.8. The molecule has 1 amide bonds. The predicted octanol–water partition coefficient (Wildman–Crippen LogP) is 5.35. The second-order valence-electron chi connectivity index (χ2n) is 7.14. The molecule has 0 fully saturated rings. The zero-order valence-corrected chi connectivity index (χ0v) is 21.0. The summed E-state index contributed by atoms with van der Waals surface area (Å²) < 4.78 is 29.8. The van der Waals surface area contributed by atoms with Crippen LogP contribution in [0.5, 0.6) is 11.5 Å². The molecule has 0 spiro atoms. The Bertz CT molecular complexity index is 1300. The van der Waals surface area contributed by atoms with Crippen molar-refractivity contribution in [3.05, 3.63) is 92.3 Å². The van der Waals surface area contributed by atoms with Gasteiger partial charge < -0.3 is 19.5 Å². The molecule has 9 heteroatoms. The Kier molecular flexibility index (Phi) is 8.80. The number of esters is 1. The number of ether oxygens (including phenoxy) is 3. The van der Waals surface area contributed by atoms with E-state index < -0.39 is 11.9 Å². The maximum atomic E-state index is 13.1. The number of hydrogen-bond donors (Lipinski definition) is 1. The summed E-state index contributed by atoms with van der Waals surface area (Å²) >= 11 is 2.07. The lowest BCUT2D eigenvalue weighted by Crippen LogP contribution is -2.13. The summed E-state index contributed by atoms with van der Waals surface area (Å²) in [5.74, 6) is -0.518. The van der Waals surface area contributed by atoms with E-state index in [1.807, 2.05) is 6.07 Å². The molecule has 1 N–H and O–H groups in total. The largest absolute Gasteiger partial charge is 0.493 e. The molecule has 0 aliphatic carbocycles. The molecule has 0 aliphatic rings. The summed E-state index contributed by atoms with van der Waals surface area (Å²) in [5.41, 5.74) is 1.98. The number of methoxy groups -OCH3 is 2. The molecule has 0 bridgehead atoms. The Morgan fingerprint density at radius 1 is 1.09 bits per heavy atom. The number of carbonyl (C=O) groups excluding carboxylic acids is 2. The van der Waals surface area contributed by atoms with Crippen LogP contribution in [0, 0.1) is 20.7 Å². The SMILES string of the molecule is COC(=O)c1ccc(NC(=O)/C(C#N)=C/c2cc(I)c(OCc3ccc(F)cc3)c(OC)c2)cc1. The lowest BCUT2D eigenvalue weighted by atomic mass is 10.1. The maximum Gasteiger partial charge on any atom is 0.337 e. The van der Waals surface area contributed by atoms with Crippen molar-refractivity contribution in [3.8, 4) is 17.6 Å². The molecule has 0 saturated carbocycles. The van der Waals surface area contributed by atoms with Crippen molar-refractivity contribution in [2.24, 2.45) is 0 Å². The highest BCUT2D eigenvalue weighted by atomic mass is 127. The van der Waals surface area contributed by atoms with E-state index in [9.17, 15) is 19.2 Å². The first kappa shape index (κ1) is 25.7. The third-order valence-electron chi connectivity index (χ3n) is 4.79. The van der Waals surface area contributed by atoms with Gasteiger partial charge in [0.05, 0.1) is 23.4 Å². The number of halogens is 2. The Hall–Kier alpha value is -3.91. The van der Waals surface area contributed by atoms with Crippen molar-refractivity contribution < 1.29 is 28.2 Å². The Morgan fingerprint density at radius 3 is 2.37 bits per heavy atom. The molecule has 3 rings (SSSR count). The fourth-order valence-corrected chi connectivity index (χ4v) is 3.80. The number of amides is 1. The smallest absolute Gasteiger partial charge is 0.337 e. The molecule has 0 aromatic heterocycles. The van der Waals surface area contributed by atoms with Crippen molar-refractivity contribution >= 4 is 46.2 Å². The van der Waals surface area contributed by atoms with Gasteiger partial charge in [-0.2, -0.15) is 5.26 Å². The van der Waals surface area contributed by atoms with Crippen LogP contribution >= 0.6 is 22.6 Å². The molecule has 178 valence electrons. The number of nitriles is 1. The number of benzene rings is 3. The van der Waals surface area contributed by atoms with Crippen molar-refractivity contribution in [2.45, 2.75) is 6.61 Å². The van der Waals surface area contributed by atoms with Gasteiger partial charge >= 0.3 is 5.97 Å². The molecule has 3 aromatic carbocycles. The van der Waals surface area contributed by atoms with Crippen molar-refractivity contribution in [2.75, 3.05) is 19.5 Å². The Balaban J connectivity index is 1.77. The van der Waals surface area contributed by atoms with E-state index in [4.69, 9.17) is 9.47 Å². The minimum atomic E-state index is -0.607. The van der Waals surface area contributed by atoms with Gasteiger partial charge in [0.25, 0.3) is 5.91 Å². The van der Waals surface area contributed by atoms with Gasteiger partial charge in [0.15, 0.2) is 11.5 Å². The molecule has 0 aliphatic heterocycles. The highest BCUT2D eigenvalue weighted by Gasteiger charge is 2.15. The minimum absolute atomic E-state index is 0.125. The summed E-state index contributed by atoms with van der Waals surface area (Å²) in [7, 11) is 2.77. The van der Waals surface area contributed by atoms with Crippen LogP contribution < -0.4 is 14.8 Å². The van der Waals surface area contributed by atoms with Gasteiger partial charge in [-0.15, -0.1) is 0 Å². The second kappa shape index (κ2) is 12.0. The van der Waals surface area contributed by atoms with Crippen LogP contribution in [0.2, 0.25) is 0 Å². The Labute approximate surface area is 215 Å². The van der Waals surface area contributed by atoms with E-state index in [-0.39, 0.29) is 18.0 Å². The van der Waals surface area contributed by atoms with Gasteiger partial charge in [0.1, 0.15) is 24.1 Å². The van der Waals surface area contributed by atoms with Crippen molar-refractivity contribution in [1.82, 2.24) is 0 Å². The normalized spacial score (nSPS) is 10.8. The topological polar surface area (TPSA) is 97.7 Å². The van der Waals surface area contributed by atoms with E-state index >= 15 is 0 Å². The van der Waals surface area contributed by atoms with Crippen LogP contribution in [0.15, 0.2) is 66.2 Å². The van der Waals surface area contributed by atoms with E-state index in [1.165, 1.54) is 44.6 Å². The van der Waals surface area contributed by atoms with Gasteiger partial charge in [-0.1, -0.05) is 12.1 Å². The zero-order chi connectivity index (χ0) is 25.4. The first-order valence-corrected chi connectivity index (χ1v) is 11.3. The van der Waals surface area contributed by atoms with Crippen LogP contribution in [-0.2, 0) is 16.1 Å². The lowest BCUT2D eigenvalue weighted by molar-refractivity contribution is -0.112. The fraction of sp³-hybridized carbons (Fsp3) is 0.115. The van der Waals surface area contributed by atoms with Crippen LogP contribution in [0.4, 0.5) is 10.1 Å². The number of hydrogen-bond acceptors (Lipinski definition) is 6. The molecular formula is C26H20FIN2O5. The molecule has 0 atom stereocenters. The van der Waals surface area contributed by atoms with Gasteiger partial charge in [-0.05, 0) is 88.3 Å². The van der Waals surface area contributed by atoms with E-state index in [0.717, 1.165) is 5.56 Å². The summed E-state index contributed by atoms with van der Waals surface area (Å²) in [6.07, 6.45) is 1.44. The van der Waals surface area contributed by atoms with E-state index in [1.54, 1.807) is 36.4 Å². The molecule has 0 unspecified atom stereocenters. The average Bonchev–Trinajstić information content (AvgIpc) is 2.87. The number of anilines is 1. The standard InChI is InChI=1S/C26H20FIN2O5/c1-33-23-13-17(12-22(28)24(23)35-15-16-3-7-20(27)8-4-16)11-19(14-29)25(31)30-21-9-5-18(6-10-21)26(32)34-2/h3-13H,15H2,1-2H3,(H,30,31)/b19-11+. The summed E-state index contributed by atoms with van der Waals surface area (Å²) in [6, 6.07) is 17.4. The molecule has 35 heavy (non-hydrogen) atoms. The van der Waals surface area contributed by atoms with Crippen LogP contribution in [0.3, 0.4) is 0 Å². The second-order valence-corrected chi connectivity index (χ2v) is 8.30. The minimum Gasteiger partial charge on any atom is -0.493 e. The van der Waals surface area contributed by atoms with Crippen molar-refractivity contribution in [1.29, 1.82) is 5.26 Å². The number of nitrogens with zero attached hydrogens (tertiary/aromatic N) is 1. The number of carbonyl (C=O) groups is 2. The highest BCUT2D eigenvalue weighted by Crippen LogP contribution is 2.35. The molecule has 0 saturated heterocycles. The van der Waals surface area contributed by atoms with E-state index in [0.29, 0.717) is 31.9 Å². The quantitative estimate of drug-likeness (QED) is 0.166. The maximum absolute atomic E-state index is 13.1. The molecule has 0 radical (unpaired) electrons. The number of rotatable bonds is 8. The average molecular weight is 586 g/mol. The molecule has 3 aromatic rings. The Morgan fingerprint density at radius 2 is 1.77 bits per heavy atom. The van der Waals surface area contributed by atoms with Gasteiger partial charge in [-0.25, -0.2) is 9.18 Å². The van der Waals surface area contributed by atoms with Gasteiger partial charge in [-0.3, -0.25) is 4.79 Å². The summed E-state index contributed by atoms with van der Waals surface area (Å²) in [4.78, 5) is 24.2. The van der Waals surface area contributed by atoms with Crippen LogP contribution in [0.1, 0.15) is 21.5 Å². The fourth-order valence-electron chi connectivity index (χ4n) is 3.02. The first-order valence-electron chi connectivity index (χ1n) is 10.2.